The molecule has 0 atom stereocenters. The Hall–Kier alpha value is -1.63. The Morgan fingerprint density at radius 1 is 1.40 bits per heavy atom. The summed E-state index contributed by atoms with van der Waals surface area (Å²) in [5.74, 6) is 0.878. The van der Waals surface area contributed by atoms with Crippen LogP contribution in [0.1, 0.15) is 0 Å². The Morgan fingerprint density at radius 3 is 2.80 bits per heavy atom. The Kier molecular flexibility index (Phi) is 2.82. The highest BCUT2D eigenvalue weighted by molar-refractivity contribution is 5.35. The molecule has 2 rings (SSSR count). The predicted molar refractivity (Wildman–Crippen MR) is 55.2 cm³/mol. The van der Waals surface area contributed by atoms with E-state index in [0.717, 1.165) is 0 Å². The lowest BCUT2D eigenvalue weighted by atomic mass is 10.4. The fourth-order valence-electron chi connectivity index (χ4n) is 1.40. The van der Waals surface area contributed by atoms with Crippen molar-refractivity contribution in [2.75, 3.05) is 43.6 Å². The molecular weight excluding hydrogens is 198 g/mol. The second kappa shape index (κ2) is 4.26. The zero-order valence-electron chi connectivity index (χ0n) is 8.49. The van der Waals surface area contributed by atoms with Gasteiger partial charge in [0, 0.05) is 20.1 Å². The van der Waals surface area contributed by atoms with Gasteiger partial charge in [-0.25, -0.2) is 4.79 Å². The average Bonchev–Trinajstić information content (AvgIpc) is 2.29. The molecule has 82 valence electrons. The third-order valence-corrected chi connectivity index (χ3v) is 2.17. The Morgan fingerprint density at radius 2 is 2.13 bits per heavy atom. The van der Waals surface area contributed by atoms with Crippen molar-refractivity contribution in [2.24, 2.45) is 0 Å². The molecule has 7 heteroatoms. The van der Waals surface area contributed by atoms with Crippen LogP contribution in [0.3, 0.4) is 0 Å². The average molecular weight is 211 g/mol. The van der Waals surface area contributed by atoms with Crippen molar-refractivity contribution in [2.45, 2.75) is 0 Å². The fourth-order valence-corrected chi connectivity index (χ4v) is 1.40. The summed E-state index contributed by atoms with van der Waals surface area (Å²) in [7, 11) is 1.70. The molecule has 1 aliphatic rings. The zero-order chi connectivity index (χ0) is 10.7. The van der Waals surface area contributed by atoms with Gasteiger partial charge < -0.3 is 15.0 Å². The van der Waals surface area contributed by atoms with Crippen LogP contribution in [0.5, 0.6) is 0 Å². The van der Waals surface area contributed by atoms with Crippen LogP contribution in [0, 0.1) is 0 Å². The van der Waals surface area contributed by atoms with E-state index in [1.54, 1.807) is 7.05 Å². The van der Waals surface area contributed by atoms with E-state index in [0.29, 0.717) is 38.2 Å². The third-order valence-electron chi connectivity index (χ3n) is 2.17. The van der Waals surface area contributed by atoms with Gasteiger partial charge in [-0.1, -0.05) is 0 Å². The first-order valence-electron chi connectivity index (χ1n) is 4.78. The lowest BCUT2D eigenvalue weighted by Crippen LogP contribution is -2.38. The molecule has 0 aromatic carbocycles. The molecule has 1 aromatic rings. The van der Waals surface area contributed by atoms with Gasteiger partial charge in [-0.05, 0) is 0 Å². The number of anilines is 2. The van der Waals surface area contributed by atoms with Gasteiger partial charge in [-0.2, -0.15) is 9.97 Å². The summed E-state index contributed by atoms with van der Waals surface area (Å²) in [6.07, 6.45) is 0. The summed E-state index contributed by atoms with van der Waals surface area (Å²) >= 11 is 0. The van der Waals surface area contributed by atoms with E-state index in [1.807, 2.05) is 4.90 Å². The van der Waals surface area contributed by atoms with E-state index in [2.05, 4.69) is 20.3 Å². The summed E-state index contributed by atoms with van der Waals surface area (Å²) < 4.78 is 5.21. The van der Waals surface area contributed by atoms with Crippen LogP contribution >= 0.6 is 0 Å². The maximum absolute atomic E-state index is 11.2. The summed E-state index contributed by atoms with van der Waals surface area (Å²) in [5.41, 5.74) is -0.393. The molecule has 0 unspecified atom stereocenters. The first-order valence-corrected chi connectivity index (χ1v) is 4.78. The largest absolute Gasteiger partial charge is 0.378 e. The maximum atomic E-state index is 11.2. The van der Waals surface area contributed by atoms with Crippen molar-refractivity contribution in [1.29, 1.82) is 0 Å². The molecule has 2 heterocycles. The summed E-state index contributed by atoms with van der Waals surface area (Å²) in [6.45, 7) is 2.72. The van der Waals surface area contributed by atoms with Crippen molar-refractivity contribution in [3.63, 3.8) is 0 Å². The molecule has 0 spiro atoms. The lowest BCUT2D eigenvalue weighted by molar-refractivity contribution is 0.122. The molecule has 0 radical (unpaired) electrons. The molecule has 2 N–H and O–H groups in total. The second-order valence-electron chi connectivity index (χ2n) is 3.15. The van der Waals surface area contributed by atoms with E-state index in [-0.39, 0.29) is 0 Å². The van der Waals surface area contributed by atoms with Gasteiger partial charge in [0.1, 0.15) is 0 Å². The Bertz CT molecular complexity index is 385. The molecule has 1 aliphatic heterocycles. The number of hydrogen-bond acceptors (Lipinski definition) is 6. The normalized spacial score (nSPS) is 16.5. The highest BCUT2D eigenvalue weighted by Gasteiger charge is 2.14. The molecule has 0 bridgehead atoms. The third kappa shape index (κ3) is 2.24. The Balaban J connectivity index is 2.26. The van der Waals surface area contributed by atoms with Gasteiger partial charge in [0.15, 0.2) is 0 Å². The van der Waals surface area contributed by atoms with Crippen LogP contribution in [0.2, 0.25) is 0 Å². The second-order valence-corrected chi connectivity index (χ2v) is 3.15. The topological polar surface area (TPSA) is 83.1 Å². The van der Waals surface area contributed by atoms with Crippen LogP contribution in [-0.4, -0.2) is 48.3 Å². The summed E-state index contributed by atoms with van der Waals surface area (Å²) in [4.78, 5) is 23.6. The number of hydrogen-bond donors (Lipinski definition) is 2. The number of nitrogens with one attached hydrogen (secondary N) is 2. The molecule has 15 heavy (non-hydrogen) atoms. The van der Waals surface area contributed by atoms with Crippen LogP contribution in [0.4, 0.5) is 11.9 Å². The monoisotopic (exact) mass is 211 g/mol. The number of aromatic amines is 1. The predicted octanol–water partition coefficient (Wildman–Crippen LogP) is -0.957. The van der Waals surface area contributed by atoms with Crippen molar-refractivity contribution < 1.29 is 4.74 Å². The van der Waals surface area contributed by atoms with Gasteiger partial charge in [0.05, 0.1) is 13.2 Å². The standard InChI is InChI=1S/C8H13N5O2/c1-9-6-10-7(12-8(14)11-6)13-2-4-15-5-3-13/h2-5H2,1H3,(H2,9,10,11,12,14). The van der Waals surface area contributed by atoms with Gasteiger partial charge in [-0.15, -0.1) is 0 Å². The number of morpholine rings is 1. The van der Waals surface area contributed by atoms with E-state index in [1.165, 1.54) is 0 Å². The van der Waals surface area contributed by atoms with E-state index < -0.39 is 5.69 Å². The minimum atomic E-state index is -0.393. The first-order chi connectivity index (χ1) is 7.29. The van der Waals surface area contributed by atoms with Crippen LogP contribution in [-0.2, 0) is 4.74 Å². The number of rotatable bonds is 2. The molecule has 7 nitrogen and oxygen atoms in total. The Labute approximate surface area is 86.5 Å². The van der Waals surface area contributed by atoms with E-state index >= 15 is 0 Å². The number of aromatic nitrogens is 3. The number of nitrogens with zero attached hydrogens (tertiary/aromatic N) is 3. The van der Waals surface area contributed by atoms with Gasteiger partial charge in [0.2, 0.25) is 11.9 Å². The van der Waals surface area contributed by atoms with E-state index in [9.17, 15) is 4.79 Å². The lowest BCUT2D eigenvalue weighted by Gasteiger charge is -2.26. The summed E-state index contributed by atoms with van der Waals surface area (Å²) in [6, 6.07) is 0. The first kappa shape index (κ1) is 9.91. The number of H-pyrrole nitrogens is 1. The molecule has 0 amide bonds. The number of ether oxygens (including phenoxy) is 1. The summed E-state index contributed by atoms with van der Waals surface area (Å²) in [5, 5.41) is 2.78. The quantitative estimate of drug-likeness (QED) is 0.655. The zero-order valence-corrected chi connectivity index (χ0v) is 8.49. The highest BCUT2D eigenvalue weighted by Crippen LogP contribution is 2.08. The van der Waals surface area contributed by atoms with Crippen molar-refractivity contribution >= 4 is 11.9 Å². The van der Waals surface area contributed by atoms with E-state index in [4.69, 9.17) is 4.74 Å². The smallest absolute Gasteiger partial charge is 0.350 e. The molecule has 1 saturated heterocycles. The highest BCUT2D eigenvalue weighted by atomic mass is 16.5. The fraction of sp³-hybridized carbons (Fsp3) is 0.625. The van der Waals surface area contributed by atoms with Crippen LogP contribution < -0.4 is 15.9 Å². The molecule has 1 aromatic heterocycles. The van der Waals surface area contributed by atoms with Crippen molar-refractivity contribution in [3.05, 3.63) is 10.5 Å². The van der Waals surface area contributed by atoms with Gasteiger partial charge >= 0.3 is 5.69 Å². The maximum Gasteiger partial charge on any atom is 0.350 e. The van der Waals surface area contributed by atoms with Crippen LogP contribution in [0.25, 0.3) is 0 Å². The van der Waals surface area contributed by atoms with Crippen molar-refractivity contribution in [3.8, 4) is 0 Å². The molecule has 0 aliphatic carbocycles. The van der Waals surface area contributed by atoms with Gasteiger partial charge in [-0.3, -0.25) is 4.98 Å². The molecular formula is C8H13N5O2. The minimum Gasteiger partial charge on any atom is -0.378 e. The minimum absolute atomic E-state index is 0.393. The SMILES string of the molecule is CNc1nc(N2CCOCC2)nc(=O)[nH]1. The van der Waals surface area contributed by atoms with Gasteiger partial charge in [0.25, 0.3) is 0 Å². The van der Waals surface area contributed by atoms with Crippen LogP contribution in [0.15, 0.2) is 4.79 Å². The van der Waals surface area contributed by atoms with Crippen molar-refractivity contribution in [1.82, 2.24) is 15.0 Å². The molecule has 0 saturated carbocycles. The molecule has 1 fully saturated rings.